The average Bonchev–Trinajstić information content (AvgIpc) is 3.19. The molecule has 0 bridgehead atoms. The summed E-state index contributed by atoms with van der Waals surface area (Å²) in [4.78, 5) is 1.23. The molecule has 0 radical (unpaired) electrons. The van der Waals surface area contributed by atoms with Crippen LogP contribution in [0.5, 0.6) is 5.75 Å². The van der Waals surface area contributed by atoms with Gasteiger partial charge in [-0.15, -0.1) is 23.1 Å². The van der Waals surface area contributed by atoms with E-state index in [1.165, 1.54) is 10.4 Å². The number of phenols is 1. The maximum atomic E-state index is 10.6. The van der Waals surface area contributed by atoms with Crippen LogP contribution in [0.15, 0.2) is 29.6 Å². The van der Waals surface area contributed by atoms with Gasteiger partial charge in [0.2, 0.25) is 0 Å². The number of hydrogen-bond donors (Lipinski definition) is 2. The highest BCUT2D eigenvalue weighted by Gasteiger charge is 2.22. The zero-order valence-corrected chi connectivity index (χ0v) is 13.6. The number of phenolic OH excluding ortho intramolecular Hbond substituents is 1. The molecule has 21 heavy (non-hydrogen) atoms. The van der Waals surface area contributed by atoms with E-state index < -0.39 is 0 Å². The minimum Gasteiger partial charge on any atom is -0.507 e. The third-order valence-electron chi connectivity index (χ3n) is 3.60. The maximum Gasteiger partial charge on any atom is 0.124 e. The summed E-state index contributed by atoms with van der Waals surface area (Å²) in [5.74, 6) is 1.50. The summed E-state index contributed by atoms with van der Waals surface area (Å²) in [6.45, 7) is 1.61. The van der Waals surface area contributed by atoms with Crippen molar-refractivity contribution in [2.75, 3.05) is 26.0 Å². The number of thioether (sulfide) groups is 1. The second kappa shape index (κ2) is 6.83. The number of rotatable bonds is 5. The number of benzene rings is 1. The Morgan fingerprint density at radius 1 is 1.43 bits per heavy atom. The van der Waals surface area contributed by atoms with Gasteiger partial charge in [0.25, 0.3) is 0 Å². The van der Waals surface area contributed by atoms with Crippen molar-refractivity contribution in [1.29, 1.82) is 0 Å². The molecule has 2 heterocycles. The molecule has 3 rings (SSSR count). The first-order valence-electron chi connectivity index (χ1n) is 7.03. The number of ether oxygens (including phenoxy) is 1. The van der Waals surface area contributed by atoms with Crippen LogP contribution >= 0.6 is 23.1 Å². The highest BCUT2D eigenvalue weighted by Crippen LogP contribution is 2.40. The lowest BCUT2D eigenvalue weighted by Crippen LogP contribution is -2.13. The van der Waals surface area contributed by atoms with Crippen LogP contribution in [-0.4, -0.2) is 31.1 Å². The Morgan fingerprint density at radius 3 is 3.00 bits per heavy atom. The number of nitrogens with one attached hydrogen (secondary N) is 1. The first kappa shape index (κ1) is 14.9. The zero-order valence-electron chi connectivity index (χ0n) is 12.0. The number of methoxy groups -OCH3 is 1. The van der Waals surface area contributed by atoms with Crippen molar-refractivity contribution in [2.24, 2.45) is 0 Å². The Morgan fingerprint density at radius 2 is 2.33 bits per heavy atom. The van der Waals surface area contributed by atoms with Crippen LogP contribution in [0.25, 0.3) is 10.4 Å². The van der Waals surface area contributed by atoms with E-state index in [0.717, 1.165) is 29.8 Å². The molecular formula is C16H19NO2S2. The summed E-state index contributed by atoms with van der Waals surface area (Å²) < 4.78 is 5.17. The smallest absolute Gasteiger partial charge is 0.124 e. The predicted molar refractivity (Wildman–Crippen MR) is 90.2 cm³/mol. The molecule has 1 aliphatic rings. The molecule has 112 valence electrons. The second-order valence-corrected chi connectivity index (χ2v) is 7.16. The van der Waals surface area contributed by atoms with Gasteiger partial charge in [0, 0.05) is 29.8 Å². The first-order valence-corrected chi connectivity index (χ1v) is 8.96. The topological polar surface area (TPSA) is 41.5 Å². The lowest BCUT2D eigenvalue weighted by molar-refractivity contribution is 0.201. The van der Waals surface area contributed by atoms with Crippen molar-refractivity contribution < 1.29 is 9.84 Å². The van der Waals surface area contributed by atoms with E-state index in [2.05, 4.69) is 35.0 Å². The molecule has 0 spiro atoms. The molecule has 1 unspecified atom stereocenters. The summed E-state index contributed by atoms with van der Waals surface area (Å²) in [5.41, 5.74) is 3.14. The lowest BCUT2D eigenvalue weighted by atomic mass is 10.0. The van der Waals surface area contributed by atoms with Crippen LogP contribution in [-0.2, 0) is 11.2 Å². The maximum absolute atomic E-state index is 10.6. The first-order chi connectivity index (χ1) is 10.3. The Hall–Kier alpha value is -1.01. The Bertz CT molecular complexity index is 593. The minimum atomic E-state index is 0.186. The molecule has 2 aromatic rings. The summed E-state index contributed by atoms with van der Waals surface area (Å²) in [5, 5.41) is 16.3. The highest BCUT2D eigenvalue weighted by atomic mass is 32.2. The molecule has 1 aromatic carbocycles. The minimum absolute atomic E-state index is 0.186. The van der Waals surface area contributed by atoms with Gasteiger partial charge >= 0.3 is 0 Å². The van der Waals surface area contributed by atoms with E-state index >= 15 is 0 Å². The van der Waals surface area contributed by atoms with Crippen LogP contribution in [0, 0.1) is 0 Å². The fourth-order valence-electron chi connectivity index (χ4n) is 2.53. The molecule has 2 N–H and O–H groups in total. The zero-order chi connectivity index (χ0) is 14.7. The second-order valence-electron chi connectivity index (χ2n) is 5.00. The summed E-state index contributed by atoms with van der Waals surface area (Å²) in [6, 6.07) is 8.39. The molecule has 0 aliphatic carbocycles. The van der Waals surface area contributed by atoms with Crippen LogP contribution in [0.2, 0.25) is 0 Å². The van der Waals surface area contributed by atoms with E-state index in [0.29, 0.717) is 12.4 Å². The van der Waals surface area contributed by atoms with Gasteiger partial charge in [0.05, 0.1) is 12.0 Å². The average molecular weight is 321 g/mol. The van der Waals surface area contributed by atoms with Gasteiger partial charge in [0.1, 0.15) is 5.75 Å². The van der Waals surface area contributed by atoms with Crippen LogP contribution in [0.4, 0.5) is 0 Å². The number of thiophene rings is 1. The predicted octanol–water partition coefficient (Wildman–Crippen LogP) is 3.64. The lowest BCUT2D eigenvalue weighted by Gasteiger charge is -2.17. The fourth-order valence-corrected chi connectivity index (χ4v) is 4.31. The third kappa shape index (κ3) is 3.26. The van der Waals surface area contributed by atoms with Gasteiger partial charge in [-0.2, -0.15) is 0 Å². The van der Waals surface area contributed by atoms with Gasteiger partial charge in [-0.05, 0) is 41.1 Å². The van der Waals surface area contributed by atoms with Crippen LogP contribution in [0.1, 0.15) is 16.5 Å². The van der Waals surface area contributed by atoms with E-state index in [1.807, 2.05) is 11.8 Å². The molecule has 0 amide bonds. The van der Waals surface area contributed by atoms with E-state index in [9.17, 15) is 5.11 Å². The highest BCUT2D eigenvalue weighted by molar-refractivity contribution is 7.99. The Labute approximate surface area is 133 Å². The van der Waals surface area contributed by atoms with Gasteiger partial charge in [0.15, 0.2) is 0 Å². The SMILES string of the molecule is COCCc1cc(-c2cccs2)cc(C2NCCS2)c1O. The largest absolute Gasteiger partial charge is 0.507 e. The molecule has 1 aliphatic heterocycles. The molecule has 3 nitrogen and oxygen atoms in total. The van der Waals surface area contributed by atoms with Crippen molar-refractivity contribution in [3.63, 3.8) is 0 Å². The van der Waals surface area contributed by atoms with Crippen molar-refractivity contribution in [2.45, 2.75) is 11.8 Å². The summed E-state index contributed by atoms with van der Waals surface area (Å²) in [7, 11) is 1.69. The number of aromatic hydroxyl groups is 1. The normalized spacial score (nSPS) is 18.2. The van der Waals surface area contributed by atoms with Crippen LogP contribution in [0.3, 0.4) is 0 Å². The standard InChI is InChI=1S/C16H19NO2S2/c1-19-6-4-11-9-12(14-3-2-7-20-14)10-13(15(11)18)16-17-5-8-21-16/h2-3,7,9-10,16-18H,4-6,8H2,1H3. The number of hydrogen-bond acceptors (Lipinski definition) is 5. The fraction of sp³-hybridized carbons (Fsp3) is 0.375. The van der Waals surface area contributed by atoms with E-state index in [-0.39, 0.29) is 5.37 Å². The van der Waals surface area contributed by atoms with E-state index in [1.54, 1.807) is 18.4 Å². The summed E-state index contributed by atoms with van der Waals surface area (Å²) in [6.07, 6.45) is 0.728. The molecule has 1 fully saturated rings. The van der Waals surface area contributed by atoms with Crippen molar-refractivity contribution in [3.05, 3.63) is 40.8 Å². The quantitative estimate of drug-likeness (QED) is 0.882. The molecule has 5 heteroatoms. The van der Waals surface area contributed by atoms with Crippen LogP contribution < -0.4 is 5.32 Å². The molecule has 0 saturated carbocycles. The summed E-state index contributed by atoms with van der Waals surface area (Å²) >= 11 is 3.57. The van der Waals surface area contributed by atoms with Gasteiger partial charge in [-0.3, -0.25) is 0 Å². The van der Waals surface area contributed by atoms with Crippen molar-refractivity contribution in [1.82, 2.24) is 5.32 Å². The molecule has 1 aromatic heterocycles. The van der Waals surface area contributed by atoms with Gasteiger partial charge in [-0.1, -0.05) is 6.07 Å². The van der Waals surface area contributed by atoms with Crippen molar-refractivity contribution >= 4 is 23.1 Å². The third-order valence-corrected chi connectivity index (χ3v) is 5.71. The Balaban J connectivity index is 2.02. The van der Waals surface area contributed by atoms with E-state index in [4.69, 9.17) is 4.74 Å². The van der Waals surface area contributed by atoms with Crippen molar-refractivity contribution in [3.8, 4) is 16.2 Å². The molecular weight excluding hydrogens is 302 g/mol. The van der Waals surface area contributed by atoms with Gasteiger partial charge < -0.3 is 15.2 Å². The monoisotopic (exact) mass is 321 g/mol. The molecule has 1 atom stereocenters. The molecule has 1 saturated heterocycles. The van der Waals surface area contributed by atoms with Gasteiger partial charge in [-0.25, -0.2) is 0 Å². The Kier molecular flexibility index (Phi) is 4.85.